The second kappa shape index (κ2) is 9.25. The Morgan fingerprint density at radius 1 is 1.18 bits per heavy atom. The van der Waals surface area contributed by atoms with Crippen LogP contribution in [0.25, 0.3) is 0 Å². The largest absolute Gasteiger partial charge is 0.494 e. The Morgan fingerprint density at radius 2 is 2.00 bits per heavy atom. The number of piperidine rings is 1. The van der Waals surface area contributed by atoms with Crippen LogP contribution in [0.2, 0.25) is 0 Å². The second-order valence-electron chi connectivity index (χ2n) is 8.73. The summed E-state index contributed by atoms with van der Waals surface area (Å²) in [6.45, 7) is 6.17. The zero-order chi connectivity index (χ0) is 19.2. The Kier molecular flexibility index (Phi) is 6.50. The predicted octanol–water partition coefficient (Wildman–Crippen LogP) is 3.46. The summed E-state index contributed by atoms with van der Waals surface area (Å²) in [6, 6.07) is 11.3. The molecule has 1 saturated carbocycles. The van der Waals surface area contributed by atoms with Crippen molar-refractivity contribution in [1.82, 2.24) is 10.2 Å². The minimum Gasteiger partial charge on any atom is -0.494 e. The summed E-state index contributed by atoms with van der Waals surface area (Å²) in [5, 5.41) is 3.77. The summed E-state index contributed by atoms with van der Waals surface area (Å²) in [7, 11) is 0. The van der Waals surface area contributed by atoms with E-state index in [2.05, 4.69) is 58.8 Å². The van der Waals surface area contributed by atoms with Gasteiger partial charge < -0.3 is 15.8 Å². The smallest absolute Gasteiger partial charge is 0.115 e. The minimum atomic E-state index is 0.456. The number of hydrogen-bond acceptors (Lipinski definition) is 4. The summed E-state index contributed by atoms with van der Waals surface area (Å²) in [5.41, 5.74) is 7.58. The Balaban J connectivity index is 1.14. The molecule has 152 valence electrons. The van der Waals surface area contributed by atoms with Crippen LogP contribution in [0.1, 0.15) is 37.7 Å². The van der Waals surface area contributed by atoms with Gasteiger partial charge in [0, 0.05) is 12.6 Å². The zero-order valence-corrected chi connectivity index (χ0v) is 17.0. The van der Waals surface area contributed by atoms with E-state index in [-0.39, 0.29) is 0 Å². The molecule has 28 heavy (non-hydrogen) atoms. The van der Waals surface area contributed by atoms with Crippen molar-refractivity contribution in [3.8, 4) is 0 Å². The molecule has 2 aliphatic carbocycles. The van der Waals surface area contributed by atoms with Crippen molar-refractivity contribution in [2.24, 2.45) is 17.1 Å². The van der Waals surface area contributed by atoms with E-state index in [0.717, 1.165) is 44.2 Å². The van der Waals surface area contributed by atoms with Crippen molar-refractivity contribution in [3.63, 3.8) is 0 Å². The number of rotatable bonds is 9. The van der Waals surface area contributed by atoms with Gasteiger partial charge in [0.2, 0.25) is 0 Å². The fourth-order valence-electron chi connectivity index (χ4n) is 4.76. The molecule has 3 aliphatic rings. The molecule has 4 rings (SSSR count). The number of nitrogens with one attached hydrogen (secondary N) is 1. The van der Waals surface area contributed by atoms with E-state index in [9.17, 15) is 0 Å². The van der Waals surface area contributed by atoms with Gasteiger partial charge in [0.25, 0.3) is 0 Å². The molecule has 1 spiro atoms. The van der Waals surface area contributed by atoms with E-state index < -0.39 is 0 Å². The van der Waals surface area contributed by atoms with Crippen LogP contribution in [0.3, 0.4) is 0 Å². The summed E-state index contributed by atoms with van der Waals surface area (Å²) in [6.07, 6.45) is 12.7. The maximum atomic E-state index is 5.71. The average Bonchev–Trinajstić information content (AvgIpc) is 3.42. The van der Waals surface area contributed by atoms with Crippen molar-refractivity contribution in [3.05, 3.63) is 59.9 Å². The van der Waals surface area contributed by atoms with E-state index in [1.807, 2.05) is 0 Å². The number of benzene rings is 1. The van der Waals surface area contributed by atoms with Crippen LogP contribution in [0.15, 0.2) is 54.3 Å². The molecule has 0 radical (unpaired) electrons. The molecular formula is C24H35N3O. The van der Waals surface area contributed by atoms with E-state index in [1.165, 1.54) is 37.9 Å². The van der Waals surface area contributed by atoms with Gasteiger partial charge in [0.05, 0.1) is 6.61 Å². The van der Waals surface area contributed by atoms with Crippen LogP contribution in [0, 0.1) is 11.3 Å². The van der Waals surface area contributed by atoms with Crippen molar-refractivity contribution in [2.75, 3.05) is 32.8 Å². The first kappa shape index (κ1) is 19.7. The van der Waals surface area contributed by atoms with E-state index in [1.54, 1.807) is 0 Å². The number of nitrogens with two attached hydrogens (primary N) is 1. The average molecular weight is 382 g/mol. The summed E-state index contributed by atoms with van der Waals surface area (Å²) in [4.78, 5) is 2.63. The lowest BCUT2D eigenvalue weighted by atomic mass is 9.90. The monoisotopic (exact) mass is 381 g/mol. The van der Waals surface area contributed by atoms with Gasteiger partial charge in [0.1, 0.15) is 5.76 Å². The Bertz CT molecular complexity index is 676. The number of hydrogen-bond donors (Lipinski definition) is 2. The molecule has 1 saturated heterocycles. The minimum absolute atomic E-state index is 0.456. The SMILES string of the molecule is NCCCOC1=CCC(NCC2CC23CCN(Cc2ccccc2)CC3)C=C1. The van der Waals surface area contributed by atoms with Crippen molar-refractivity contribution in [2.45, 2.75) is 44.7 Å². The van der Waals surface area contributed by atoms with Crippen LogP contribution < -0.4 is 11.1 Å². The van der Waals surface area contributed by atoms with Crippen LogP contribution in [0.4, 0.5) is 0 Å². The number of ether oxygens (including phenoxy) is 1. The lowest BCUT2D eigenvalue weighted by Gasteiger charge is -2.33. The zero-order valence-electron chi connectivity index (χ0n) is 17.0. The van der Waals surface area contributed by atoms with E-state index >= 15 is 0 Å². The van der Waals surface area contributed by atoms with Crippen LogP contribution in [-0.2, 0) is 11.3 Å². The van der Waals surface area contributed by atoms with Gasteiger partial charge in [-0.3, -0.25) is 4.90 Å². The molecule has 2 unspecified atom stereocenters. The fourth-order valence-corrected chi connectivity index (χ4v) is 4.76. The van der Waals surface area contributed by atoms with Gasteiger partial charge in [-0.25, -0.2) is 0 Å². The van der Waals surface area contributed by atoms with Gasteiger partial charge in [0.15, 0.2) is 0 Å². The first-order valence-electron chi connectivity index (χ1n) is 11.0. The summed E-state index contributed by atoms with van der Waals surface area (Å²) < 4.78 is 5.71. The van der Waals surface area contributed by atoms with Crippen LogP contribution >= 0.6 is 0 Å². The quantitative estimate of drug-likeness (QED) is 0.643. The number of nitrogens with zero attached hydrogens (tertiary/aromatic N) is 1. The molecule has 0 aromatic heterocycles. The molecule has 1 aromatic rings. The third-order valence-electron chi connectivity index (χ3n) is 6.77. The first-order chi connectivity index (χ1) is 13.8. The molecule has 1 heterocycles. The van der Waals surface area contributed by atoms with Gasteiger partial charge >= 0.3 is 0 Å². The van der Waals surface area contributed by atoms with Crippen molar-refractivity contribution in [1.29, 1.82) is 0 Å². The Labute approximate surface area is 169 Å². The van der Waals surface area contributed by atoms with Gasteiger partial charge in [-0.05, 0) is 87.3 Å². The molecule has 0 amide bonds. The third kappa shape index (κ3) is 5.05. The van der Waals surface area contributed by atoms with Gasteiger partial charge in [-0.2, -0.15) is 0 Å². The summed E-state index contributed by atoms with van der Waals surface area (Å²) >= 11 is 0. The topological polar surface area (TPSA) is 50.5 Å². The van der Waals surface area contributed by atoms with Gasteiger partial charge in [-0.15, -0.1) is 0 Å². The van der Waals surface area contributed by atoms with E-state index in [0.29, 0.717) is 18.0 Å². The standard InChI is InChI=1S/C24H35N3O/c25-13-4-16-28-23-9-7-22(8-10-23)26-18-21-17-24(21)11-14-27(15-12-24)19-20-5-2-1-3-6-20/h1-3,5-7,9-10,21-22,26H,4,8,11-19,25H2. The number of likely N-dealkylation sites (tertiary alicyclic amines) is 1. The molecule has 0 bridgehead atoms. The lowest BCUT2D eigenvalue weighted by Crippen LogP contribution is -2.36. The van der Waals surface area contributed by atoms with Gasteiger partial charge in [-0.1, -0.05) is 36.4 Å². The number of allylic oxidation sites excluding steroid dienone is 1. The Morgan fingerprint density at radius 3 is 2.71 bits per heavy atom. The molecule has 3 N–H and O–H groups in total. The molecular weight excluding hydrogens is 346 g/mol. The molecule has 1 aliphatic heterocycles. The summed E-state index contributed by atoms with van der Waals surface area (Å²) in [5.74, 6) is 1.87. The second-order valence-corrected chi connectivity index (χ2v) is 8.73. The fraction of sp³-hybridized carbons (Fsp3) is 0.583. The first-order valence-corrected chi connectivity index (χ1v) is 11.0. The highest BCUT2D eigenvalue weighted by Crippen LogP contribution is 2.59. The lowest BCUT2D eigenvalue weighted by molar-refractivity contribution is 0.155. The predicted molar refractivity (Wildman–Crippen MR) is 115 cm³/mol. The molecule has 4 heteroatoms. The highest BCUT2D eigenvalue weighted by Gasteiger charge is 2.54. The van der Waals surface area contributed by atoms with E-state index in [4.69, 9.17) is 10.5 Å². The molecule has 1 aromatic carbocycles. The van der Waals surface area contributed by atoms with Crippen molar-refractivity contribution < 1.29 is 4.74 Å². The van der Waals surface area contributed by atoms with Crippen LogP contribution in [0.5, 0.6) is 0 Å². The highest BCUT2D eigenvalue weighted by atomic mass is 16.5. The van der Waals surface area contributed by atoms with Crippen LogP contribution in [-0.4, -0.2) is 43.7 Å². The molecule has 2 atom stereocenters. The third-order valence-corrected chi connectivity index (χ3v) is 6.77. The molecule has 2 fully saturated rings. The molecule has 4 nitrogen and oxygen atoms in total. The maximum absolute atomic E-state index is 5.71. The normalized spacial score (nSPS) is 26.2. The Hall–Kier alpha value is -1.62. The maximum Gasteiger partial charge on any atom is 0.115 e. The van der Waals surface area contributed by atoms with Crippen molar-refractivity contribution >= 4 is 0 Å². The highest BCUT2D eigenvalue weighted by molar-refractivity contribution is 5.20.